The van der Waals surface area contributed by atoms with Crippen LogP contribution in [0.2, 0.25) is 5.15 Å². The van der Waals surface area contributed by atoms with E-state index in [-0.39, 0.29) is 11.0 Å². The van der Waals surface area contributed by atoms with Gasteiger partial charge in [-0.15, -0.1) is 0 Å². The van der Waals surface area contributed by atoms with Gasteiger partial charge in [0.25, 0.3) is 0 Å². The van der Waals surface area contributed by atoms with Crippen LogP contribution in [0.3, 0.4) is 0 Å². The molecule has 0 spiro atoms. The smallest absolute Gasteiger partial charge is 0.171 e. The predicted octanol–water partition coefficient (Wildman–Crippen LogP) is 2.38. The Kier molecular flexibility index (Phi) is 2.33. The Morgan fingerprint density at radius 1 is 1.14 bits per heavy atom. The van der Waals surface area contributed by atoms with Crippen LogP contribution in [0.25, 0.3) is 11.3 Å². The van der Waals surface area contributed by atoms with E-state index in [1.807, 2.05) is 30.3 Å². The fraction of sp³-hybridized carbons (Fsp3) is 0. The fourth-order valence-electron chi connectivity index (χ4n) is 1.12. The Hall–Kier alpha value is -1.61. The summed E-state index contributed by atoms with van der Waals surface area (Å²) in [7, 11) is 0. The predicted molar refractivity (Wildman–Crippen MR) is 56.9 cm³/mol. The molecule has 2 aromatic rings. The highest BCUT2D eigenvalue weighted by atomic mass is 35.5. The Morgan fingerprint density at radius 2 is 1.86 bits per heavy atom. The molecule has 0 saturated heterocycles. The topological polar surface area (TPSA) is 51.8 Å². The molecule has 2 rings (SSSR count). The van der Waals surface area contributed by atoms with Gasteiger partial charge in [-0.25, -0.2) is 9.97 Å². The summed E-state index contributed by atoms with van der Waals surface area (Å²) in [5.74, 6) is 0.256. The van der Waals surface area contributed by atoms with E-state index in [1.165, 1.54) is 0 Å². The third kappa shape index (κ3) is 1.67. The molecule has 0 bridgehead atoms. The van der Waals surface area contributed by atoms with Crippen LogP contribution in [0.15, 0.2) is 36.5 Å². The van der Waals surface area contributed by atoms with Crippen molar-refractivity contribution in [2.24, 2.45) is 0 Å². The lowest BCUT2D eigenvalue weighted by Crippen LogP contribution is -1.94. The molecule has 3 nitrogen and oxygen atoms in total. The van der Waals surface area contributed by atoms with Gasteiger partial charge in [-0.3, -0.25) is 0 Å². The Labute approximate surface area is 86.6 Å². The summed E-state index contributed by atoms with van der Waals surface area (Å²) in [4.78, 5) is 8.06. The molecule has 0 unspecified atom stereocenters. The van der Waals surface area contributed by atoms with Gasteiger partial charge in [0.1, 0.15) is 0 Å². The minimum atomic E-state index is 0.242. The number of hydrogen-bond acceptors (Lipinski definition) is 3. The molecule has 1 aromatic carbocycles. The molecule has 0 radical (unpaired) electrons. The van der Waals surface area contributed by atoms with Crippen molar-refractivity contribution in [2.75, 3.05) is 5.73 Å². The van der Waals surface area contributed by atoms with Crippen molar-refractivity contribution in [3.8, 4) is 11.3 Å². The van der Waals surface area contributed by atoms with Crippen LogP contribution in [-0.4, -0.2) is 9.97 Å². The maximum absolute atomic E-state index is 5.77. The molecule has 70 valence electrons. The van der Waals surface area contributed by atoms with Crippen LogP contribution in [0.1, 0.15) is 0 Å². The minimum absolute atomic E-state index is 0.242. The summed E-state index contributed by atoms with van der Waals surface area (Å²) in [6, 6.07) is 9.69. The number of hydrogen-bond donors (Lipinski definition) is 1. The molecule has 14 heavy (non-hydrogen) atoms. The third-order valence-corrected chi connectivity index (χ3v) is 2.10. The first-order valence-corrected chi connectivity index (χ1v) is 4.48. The van der Waals surface area contributed by atoms with Crippen molar-refractivity contribution < 1.29 is 0 Å². The lowest BCUT2D eigenvalue weighted by atomic mass is 10.2. The van der Waals surface area contributed by atoms with Crippen LogP contribution >= 0.6 is 11.6 Å². The molecule has 4 heteroatoms. The van der Waals surface area contributed by atoms with Gasteiger partial charge >= 0.3 is 0 Å². The van der Waals surface area contributed by atoms with Gasteiger partial charge in [0.05, 0.1) is 11.9 Å². The van der Waals surface area contributed by atoms with Crippen molar-refractivity contribution in [1.29, 1.82) is 0 Å². The number of rotatable bonds is 1. The van der Waals surface area contributed by atoms with Gasteiger partial charge in [-0.1, -0.05) is 41.9 Å². The second kappa shape index (κ2) is 3.64. The molecule has 1 heterocycles. The largest absolute Gasteiger partial charge is 0.381 e. The molecular weight excluding hydrogens is 198 g/mol. The maximum atomic E-state index is 5.77. The minimum Gasteiger partial charge on any atom is -0.381 e. The van der Waals surface area contributed by atoms with Crippen LogP contribution < -0.4 is 5.73 Å². The monoisotopic (exact) mass is 205 g/mol. The van der Waals surface area contributed by atoms with E-state index in [1.54, 1.807) is 6.20 Å². The molecule has 0 amide bonds. The molecule has 0 aliphatic heterocycles. The van der Waals surface area contributed by atoms with Gasteiger partial charge in [-0.05, 0) is 0 Å². The number of nitrogens with two attached hydrogens (primary N) is 1. The fourth-order valence-corrected chi connectivity index (χ4v) is 1.26. The van der Waals surface area contributed by atoms with E-state index in [0.717, 1.165) is 11.3 Å². The number of nitrogens with zero attached hydrogens (tertiary/aromatic N) is 2. The Morgan fingerprint density at radius 3 is 2.50 bits per heavy atom. The van der Waals surface area contributed by atoms with E-state index in [0.29, 0.717) is 0 Å². The number of aromatic nitrogens is 2. The summed E-state index contributed by atoms with van der Waals surface area (Å²) >= 11 is 5.77. The van der Waals surface area contributed by atoms with E-state index >= 15 is 0 Å². The van der Waals surface area contributed by atoms with Crippen LogP contribution in [-0.2, 0) is 0 Å². The zero-order chi connectivity index (χ0) is 9.97. The van der Waals surface area contributed by atoms with Crippen LogP contribution in [0.4, 0.5) is 5.82 Å². The first-order valence-electron chi connectivity index (χ1n) is 4.11. The first kappa shape index (κ1) is 8.97. The quantitative estimate of drug-likeness (QED) is 0.778. The number of anilines is 1. The van der Waals surface area contributed by atoms with Gasteiger partial charge in [0, 0.05) is 5.56 Å². The van der Waals surface area contributed by atoms with Crippen molar-refractivity contribution in [1.82, 2.24) is 9.97 Å². The van der Waals surface area contributed by atoms with Crippen LogP contribution in [0.5, 0.6) is 0 Å². The SMILES string of the molecule is Nc1ncc(-c2ccccc2)nc1Cl. The Balaban J connectivity index is 2.48. The molecule has 1 aromatic heterocycles. The normalized spacial score (nSPS) is 10.1. The molecule has 0 saturated carbocycles. The lowest BCUT2D eigenvalue weighted by Gasteiger charge is -2.01. The maximum Gasteiger partial charge on any atom is 0.171 e. The lowest BCUT2D eigenvalue weighted by molar-refractivity contribution is 1.22. The molecular formula is C10H8ClN3. The average molecular weight is 206 g/mol. The second-order valence-electron chi connectivity index (χ2n) is 2.80. The van der Waals surface area contributed by atoms with E-state index in [2.05, 4.69) is 9.97 Å². The van der Waals surface area contributed by atoms with Gasteiger partial charge in [0.2, 0.25) is 0 Å². The standard InChI is InChI=1S/C10H8ClN3/c11-9-10(12)13-6-8(14-9)7-4-2-1-3-5-7/h1-6H,(H2,12,13). The summed E-state index contributed by atoms with van der Waals surface area (Å²) in [6.45, 7) is 0. The van der Waals surface area contributed by atoms with E-state index < -0.39 is 0 Å². The van der Waals surface area contributed by atoms with Gasteiger partial charge in [0.15, 0.2) is 11.0 Å². The summed E-state index contributed by atoms with van der Waals surface area (Å²) in [5, 5.41) is 0.242. The second-order valence-corrected chi connectivity index (χ2v) is 3.16. The van der Waals surface area contributed by atoms with Crippen molar-refractivity contribution in [2.45, 2.75) is 0 Å². The van der Waals surface area contributed by atoms with Crippen molar-refractivity contribution in [3.63, 3.8) is 0 Å². The van der Waals surface area contributed by atoms with Gasteiger partial charge in [-0.2, -0.15) is 0 Å². The molecule has 0 fully saturated rings. The summed E-state index contributed by atoms with van der Waals surface area (Å²) in [5.41, 5.74) is 7.16. The molecule has 0 aliphatic rings. The number of benzene rings is 1. The summed E-state index contributed by atoms with van der Waals surface area (Å²) in [6.07, 6.45) is 1.61. The molecule has 0 atom stereocenters. The van der Waals surface area contributed by atoms with E-state index in [4.69, 9.17) is 17.3 Å². The number of halogens is 1. The highest BCUT2D eigenvalue weighted by molar-refractivity contribution is 6.31. The molecule has 2 N–H and O–H groups in total. The zero-order valence-corrected chi connectivity index (χ0v) is 8.07. The first-order chi connectivity index (χ1) is 6.77. The van der Waals surface area contributed by atoms with Crippen molar-refractivity contribution in [3.05, 3.63) is 41.7 Å². The Bertz CT molecular complexity index is 442. The molecule has 0 aliphatic carbocycles. The van der Waals surface area contributed by atoms with Crippen molar-refractivity contribution >= 4 is 17.4 Å². The third-order valence-electron chi connectivity index (χ3n) is 1.83. The average Bonchev–Trinajstić information content (AvgIpc) is 2.23. The summed E-state index contributed by atoms with van der Waals surface area (Å²) < 4.78 is 0. The zero-order valence-electron chi connectivity index (χ0n) is 7.31. The van der Waals surface area contributed by atoms with Gasteiger partial charge < -0.3 is 5.73 Å². The van der Waals surface area contributed by atoms with E-state index in [9.17, 15) is 0 Å². The highest BCUT2D eigenvalue weighted by Crippen LogP contribution is 2.20. The highest BCUT2D eigenvalue weighted by Gasteiger charge is 2.02. The van der Waals surface area contributed by atoms with Crippen LogP contribution in [0, 0.1) is 0 Å². The number of nitrogen functional groups attached to an aromatic ring is 1.